The van der Waals surface area contributed by atoms with Crippen molar-refractivity contribution < 1.29 is 12.6 Å². The van der Waals surface area contributed by atoms with E-state index in [9.17, 15) is 8.42 Å². The Bertz CT molecular complexity index is 323. The fourth-order valence-electron chi connectivity index (χ4n) is 0.498. The Hall–Kier alpha value is -0.810. The predicted octanol–water partition coefficient (Wildman–Crippen LogP) is 0.944. The van der Waals surface area contributed by atoms with Crippen LogP contribution in [0.1, 0.15) is 0 Å². The molecule has 0 radical (unpaired) electrons. The Balaban J connectivity index is 2.82. The van der Waals surface area contributed by atoms with Gasteiger partial charge in [0.2, 0.25) is 5.88 Å². The zero-order valence-electron chi connectivity index (χ0n) is 5.27. The molecule has 0 fully saturated rings. The molecule has 0 N–H and O–H groups in total. The first-order chi connectivity index (χ1) is 5.08. The highest BCUT2D eigenvalue weighted by molar-refractivity contribution is 8.10. The Labute approximate surface area is 68.4 Å². The van der Waals surface area contributed by atoms with Crippen LogP contribution in [0.3, 0.4) is 0 Å². The molecule has 4 nitrogen and oxygen atoms in total. The van der Waals surface area contributed by atoms with Gasteiger partial charge in [0.15, 0.2) is 0 Å². The minimum Gasteiger partial charge on any atom is -0.350 e. The number of hydrogen-bond donors (Lipinski definition) is 0. The van der Waals surface area contributed by atoms with Crippen molar-refractivity contribution >= 4 is 20.0 Å². The maximum atomic E-state index is 10.3. The number of rotatable bonds is 2. The maximum absolute atomic E-state index is 10.3. The molecular formula is C5H4ClNO3S. The van der Waals surface area contributed by atoms with Crippen LogP contribution < -0.4 is 4.18 Å². The summed E-state index contributed by atoms with van der Waals surface area (Å²) in [6.45, 7) is 0. The molecule has 60 valence electrons. The molecule has 0 unspecified atom stereocenters. The van der Waals surface area contributed by atoms with Crippen LogP contribution in [-0.2, 0) is 9.33 Å². The summed E-state index contributed by atoms with van der Waals surface area (Å²) in [5.41, 5.74) is 0. The van der Waals surface area contributed by atoms with Gasteiger partial charge in [0.05, 0.1) is 10.7 Å². The summed E-state index contributed by atoms with van der Waals surface area (Å²) < 4.78 is 24.8. The van der Waals surface area contributed by atoms with E-state index in [1.807, 2.05) is 0 Å². The summed E-state index contributed by atoms with van der Waals surface area (Å²) in [5.74, 6) is -0.0394. The van der Waals surface area contributed by atoms with E-state index < -0.39 is 9.33 Å². The van der Waals surface area contributed by atoms with Crippen molar-refractivity contribution in [2.24, 2.45) is 0 Å². The van der Waals surface area contributed by atoms with Crippen LogP contribution >= 0.6 is 10.7 Å². The lowest BCUT2D eigenvalue weighted by Gasteiger charge is -1.96. The largest absolute Gasteiger partial charge is 0.402 e. The van der Waals surface area contributed by atoms with E-state index in [1.165, 1.54) is 12.3 Å². The summed E-state index contributed by atoms with van der Waals surface area (Å²) >= 11 is 0. The third kappa shape index (κ3) is 3.20. The molecule has 0 aliphatic carbocycles. The summed E-state index contributed by atoms with van der Waals surface area (Å²) in [4.78, 5) is 3.58. The molecule has 0 aliphatic rings. The van der Waals surface area contributed by atoms with Crippen LogP contribution in [0, 0.1) is 0 Å². The van der Waals surface area contributed by atoms with Gasteiger partial charge in [-0.2, -0.15) is 8.42 Å². The van der Waals surface area contributed by atoms with Crippen LogP contribution in [0.25, 0.3) is 0 Å². The first-order valence-electron chi connectivity index (χ1n) is 2.63. The summed E-state index contributed by atoms with van der Waals surface area (Å²) in [6, 6.07) is 4.61. The van der Waals surface area contributed by atoms with E-state index >= 15 is 0 Å². The van der Waals surface area contributed by atoms with Gasteiger partial charge in [0, 0.05) is 12.3 Å². The molecular weight excluding hydrogens is 190 g/mol. The molecule has 0 saturated carbocycles. The second-order valence-electron chi connectivity index (χ2n) is 1.64. The first kappa shape index (κ1) is 8.29. The third-order valence-corrected chi connectivity index (χ3v) is 1.38. The predicted molar refractivity (Wildman–Crippen MR) is 39.6 cm³/mol. The Kier molecular flexibility index (Phi) is 2.31. The van der Waals surface area contributed by atoms with Crippen molar-refractivity contribution in [1.82, 2.24) is 4.98 Å². The van der Waals surface area contributed by atoms with Gasteiger partial charge in [0.25, 0.3) is 0 Å². The summed E-state index contributed by atoms with van der Waals surface area (Å²) in [5, 5.41) is 0. The highest BCUT2D eigenvalue weighted by Gasteiger charge is 2.06. The van der Waals surface area contributed by atoms with Crippen LogP contribution in [-0.4, -0.2) is 13.4 Å². The zero-order chi connectivity index (χ0) is 8.32. The fraction of sp³-hybridized carbons (Fsp3) is 0. The number of nitrogens with zero attached hydrogens (tertiary/aromatic N) is 1. The molecule has 0 spiro atoms. The number of hydrogen-bond acceptors (Lipinski definition) is 4. The van der Waals surface area contributed by atoms with Gasteiger partial charge < -0.3 is 4.18 Å². The van der Waals surface area contributed by atoms with E-state index in [1.54, 1.807) is 12.1 Å². The highest BCUT2D eigenvalue weighted by Crippen LogP contribution is 2.08. The zero-order valence-corrected chi connectivity index (χ0v) is 6.84. The van der Waals surface area contributed by atoms with Gasteiger partial charge in [0.1, 0.15) is 0 Å². The molecule has 1 aromatic heterocycles. The molecule has 11 heavy (non-hydrogen) atoms. The maximum Gasteiger partial charge on any atom is 0.402 e. The normalized spacial score (nSPS) is 11.0. The lowest BCUT2D eigenvalue weighted by Crippen LogP contribution is -2.00. The molecule has 0 bridgehead atoms. The summed E-state index contributed by atoms with van der Waals surface area (Å²) in [6.07, 6.45) is 1.40. The van der Waals surface area contributed by atoms with Crippen molar-refractivity contribution in [2.45, 2.75) is 0 Å². The van der Waals surface area contributed by atoms with Gasteiger partial charge in [-0.25, -0.2) is 4.98 Å². The first-order valence-corrected chi connectivity index (χ1v) is 4.86. The second kappa shape index (κ2) is 3.06. The number of halogens is 1. The average molecular weight is 194 g/mol. The fourth-order valence-corrected chi connectivity index (χ4v) is 0.995. The quantitative estimate of drug-likeness (QED) is 0.656. The van der Waals surface area contributed by atoms with Gasteiger partial charge in [-0.1, -0.05) is 6.07 Å². The SMILES string of the molecule is O=S(=O)(Cl)Oc1ccccn1. The lowest BCUT2D eigenvalue weighted by molar-refractivity contribution is 0.493. The van der Waals surface area contributed by atoms with E-state index in [0.717, 1.165) is 0 Å². The number of pyridine rings is 1. The van der Waals surface area contributed by atoms with E-state index in [-0.39, 0.29) is 5.88 Å². The average Bonchev–Trinajstić information content (AvgIpc) is 1.85. The molecule has 1 rings (SSSR count). The van der Waals surface area contributed by atoms with Crippen molar-refractivity contribution in [2.75, 3.05) is 0 Å². The Morgan fingerprint density at radius 1 is 1.45 bits per heavy atom. The van der Waals surface area contributed by atoms with Gasteiger partial charge >= 0.3 is 9.33 Å². The summed E-state index contributed by atoms with van der Waals surface area (Å²) in [7, 11) is 0.810. The van der Waals surface area contributed by atoms with E-state index in [0.29, 0.717) is 0 Å². The van der Waals surface area contributed by atoms with E-state index in [4.69, 9.17) is 10.7 Å². The van der Waals surface area contributed by atoms with Gasteiger partial charge in [-0.15, -0.1) is 0 Å². The van der Waals surface area contributed by atoms with E-state index in [2.05, 4.69) is 9.17 Å². The molecule has 1 heterocycles. The number of aromatic nitrogens is 1. The smallest absolute Gasteiger partial charge is 0.350 e. The van der Waals surface area contributed by atoms with Crippen LogP contribution in [0.4, 0.5) is 0 Å². The molecule has 0 saturated heterocycles. The molecule has 0 aliphatic heterocycles. The molecule has 0 amide bonds. The standard InChI is InChI=1S/C5H4ClNO3S/c6-11(8,9)10-5-3-1-2-4-7-5/h1-4H. The minimum absolute atomic E-state index is 0.0394. The van der Waals surface area contributed by atoms with Crippen molar-refractivity contribution in [3.63, 3.8) is 0 Å². The van der Waals surface area contributed by atoms with Crippen LogP contribution in [0.15, 0.2) is 24.4 Å². The molecule has 0 aromatic carbocycles. The minimum atomic E-state index is -3.97. The molecule has 1 aromatic rings. The van der Waals surface area contributed by atoms with Crippen LogP contribution in [0.2, 0.25) is 0 Å². The Morgan fingerprint density at radius 2 is 2.18 bits per heavy atom. The van der Waals surface area contributed by atoms with Gasteiger partial charge in [-0.05, 0) is 6.07 Å². The van der Waals surface area contributed by atoms with Crippen molar-refractivity contribution in [3.8, 4) is 5.88 Å². The van der Waals surface area contributed by atoms with Crippen molar-refractivity contribution in [3.05, 3.63) is 24.4 Å². The molecule has 6 heteroatoms. The topological polar surface area (TPSA) is 56.3 Å². The van der Waals surface area contributed by atoms with Gasteiger partial charge in [-0.3, -0.25) is 0 Å². The lowest BCUT2D eigenvalue weighted by atomic mass is 10.5. The monoisotopic (exact) mass is 193 g/mol. The highest BCUT2D eigenvalue weighted by atomic mass is 35.7. The Morgan fingerprint density at radius 3 is 2.64 bits per heavy atom. The van der Waals surface area contributed by atoms with Crippen LogP contribution in [0.5, 0.6) is 5.88 Å². The third-order valence-electron chi connectivity index (χ3n) is 0.823. The molecule has 0 atom stereocenters. The van der Waals surface area contributed by atoms with Crippen molar-refractivity contribution in [1.29, 1.82) is 0 Å². The second-order valence-corrected chi connectivity index (χ2v) is 3.73.